The summed E-state index contributed by atoms with van der Waals surface area (Å²) in [5.41, 5.74) is 2.59. The lowest BCUT2D eigenvalue weighted by Gasteiger charge is -2.13. The van der Waals surface area contributed by atoms with E-state index >= 15 is 0 Å². The molecule has 80 heavy (non-hydrogen) atoms. The van der Waals surface area contributed by atoms with Crippen LogP contribution >= 0.6 is 0 Å². The Labute approximate surface area is 476 Å². The smallest absolute Gasteiger partial charge is 0.221 e. The van der Waals surface area contributed by atoms with Gasteiger partial charge in [0.15, 0.2) is 0 Å². The normalized spacial score (nSPS) is 16.6. The Morgan fingerprint density at radius 1 is 0.225 bits per heavy atom. The van der Waals surface area contributed by atoms with Crippen LogP contribution in [0.25, 0.3) is 0 Å². The van der Waals surface area contributed by atoms with Crippen molar-refractivity contribution in [3.8, 4) is 46.0 Å². The number of hydrogen-bond donors (Lipinski definition) is 4. The van der Waals surface area contributed by atoms with Crippen LogP contribution in [0.3, 0.4) is 0 Å². The maximum Gasteiger partial charge on any atom is 0.221 e. The molecule has 0 unspecified atom stereocenters. The van der Waals surface area contributed by atoms with Crippen LogP contribution in [0, 0.1) is 0 Å². The van der Waals surface area contributed by atoms with Crippen LogP contribution in [-0.2, 0) is 19.2 Å². The summed E-state index contributed by atoms with van der Waals surface area (Å²) >= 11 is 0. The van der Waals surface area contributed by atoms with Gasteiger partial charge in [-0.05, 0) is 51.4 Å². The average molecular weight is 1110 g/mol. The first-order valence-electron chi connectivity index (χ1n) is 29.7. The highest BCUT2D eigenvalue weighted by Crippen LogP contribution is 2.31. The number of carbonyl (C=O) groups is 4. The summed E-state index contributed by atoms with van der Waals surface area (Å²) in [7, 11) is 0. The third kappa shape index (κ3) is 29.4. The Balaban J connectivity index is 1.09. The molecule has 1 aliphatic heterocycles. The molecule has 0 spiro atoms. The van der Waals surface area contributed by atoms with Crippen molar-refractivity contribution in [3.05, 3.63) is 72.8 Å². The summed E-state index contributed by atoms with van der Waals surface area (Å²) in [6, 6.07) is 22.3. The van der Waals surface area contributed by atoms with Crippen molar-refractivity contribution >= 4 is 46.4 Å². The Bertz CT molecular complexity index is 1990. The fourth-order valence-electron chi connectivity index (χ4n) is 9.22. The molecule has 0 atom stereocenters. The lowest BCUT2D eigenvalue weighted by Crippen LogP contribution is -2.07. The van der Waals surface area contributed by atoms with E-state index in [2.05, 4.69) is 21.3 Å². The van der Waals surface area contributed by atoms with E-state index in [1.54, 1.807) is 0 Å². The number of nitrogens with one attached hydrogen (secondary N) is 4. The van der Waals surface area contributed by atoms with Crippen molar-refractivity contribution in [3.63, 3.8) is 0 Å². The maximum absolute atomic E-state index is 11.9. The largest absolute Gasteiger partial charge is 0.493 e. The van der Waals surface area contributed by atoms with Gasteiger partial charge in [-0.15, -0.1) is 0 Å². The van der Waals surface area contributed by atoms with Gasteiger partial charge < -0.3 is 59.2 Å². The first-order valence-corrected chi connectivity index (χ1v) is 29.7. The molecule has 0 aliphatic carbocycles. The molecular formula is C64H92N4O12. The number of carbonyl (C=O) groups excluding carboxylic acids is 4. The van der Waals surface area contributed by atoms with Gasteiger partial charge in [0.05, 0.1) is 52.9 Å². The lowest BCUT2D eigenvalue weighted by atomic mass is 10.1. The van der Waals surface area contributed by atoms with Gasteiger partial charge in [0.2, 0.25) is 23.6 Å². The Morgan fingerprint density at radius 2 is 0.350 bits per heavy atom. The second kappa shape index (κ2) is 38.7. The second-order valence-corrected chi connectivity index (χ2v) is 20.8. The fourth-order valence-corrected chi connectivity index (χ4v) is 9.22. The summed E-state index contributed by atoms with van der Waals surface area (Å²) < 4.78 is 49.1. The van der Waals surface area contributed by atoms with Gasteiger partial charge >= 0.3 is 0 Å². The monoisotopic (exact) mass is 1110 g/mol. The fraction of sp³-hybridized carbons (Fsp3) is 0.562. The Morgan fingerprint density at radius 3 is 0.475 bits per heavy atom. The highest BCUT2D eigenvalue weighted by molar-refractivity contribution is 5.91. The average Bonchev–Trinajstić information content (AvgIpc) is 3.39. The van der Waals surface area contributed by atoms with E-state index in [0.29, 0.717) is 122 Å². The van der Waals surface area contributed by atoms with Crippen LogP contribution in [0.2, 0.25) is 0 Å². The van der Waals surface area contributed by atoms with Crippen molar-refractivity contribution in [1.29, 1.82) is 0 Å². The van der Waals surface area contributed by atoms with Crippen molar-refractivity contribution in [2.45, 2.75) is 182 Å². The zero-order valence-electron chi connectivity index (χ0n) is 48.5. The Hall–Kier alpha value is -6.84. The number of amides is 4. The zero-order chi connectivity index (χ0) is 56.8. The summed E-state index contributed by atoms with van der Waals surface area (Å²) in [5.74, 6) is 4.75. The van der Waals surface area contributed by atoms with Crippen molar-refractivity contribution in [2.24, 2.45) is 0 Å². The molecule has 4 aromatic carbocycles. The quantitative estimate of drug-likeness (QED) is 0.152. The SMILES string of the molecule is CC(=O)Nc1cc2cc(c1)OCCCCCCCCOc1cc(NC(C)=O)cc(c1)OCCCCCCCCOc1cc(NC(C)=O)cc(c1)OCCCCCCCCOc1cc(NC(C)=O)cc(c1)OCCCCCCCCO2. The second-order valence-electron chi connectivity index (χ2n) is 20.8. The highest BCUT2D eigenvalue weighted by atomic mass is 16.5. The molecule has 1 aliphatic rings. The minimum atomic E-state index is -0.153. The van der Waals surface area contributed by atoms with Gasteiger partial charge in [0, 0.05) is 123 Å². The van der Waals surface area contributed by atoms with Crippen LogP contribution in [0.4, 0.5) is 22.7 Å². The highest BCUT2D eigenvalue weighted by Gasteiger charge is 2.11. The summed E-state index contributed by atoms with van der Waals surface area (Å²) in [4.78, 5) is 47.7. The van der Waals surface area contributed by atoms with Gasteiger partial charge in [0.1, 0.15) is 46.0 Å². The molecule has 0 radical (unpaired) electrons. The van der Waals surface area contributed by atoms with Crippen LogP contribution in [0.1, 0.15) is 182 Å². The zero-order valence-corrected chi connectivity index (χ0v) is 48.5. The van der Waals surface area contributed by atoms with Gasteiger partial charge in [-0.1, -0.05) is 103 Å². The predicted octanol–water partition coefficient (Wildman–Crippen LogP) is 15.0. The van der Waals surface area contributed by atoms with Crippen molar-refractivity contribution in [1.82, 2.24) is 0 Å². The van der Waals surface area contributed by atoms with Crippen LogP contribution in [-0.4, -0.2) is 76.5 Å². The van der Waals surface area contributed by atoms with Crippen molar-refractivity contribution < 1.29 is 57.1 Å². The molecule has 0 saturated carbocycles. The first-order chi connectivity index (χ1) is 38.9. The van der Waals surface area contributed by atoms with Crippen LogP contribution in [0.5, 0.6) is 46.0 Å². The Kier molecular flexibility index (Phi) is 31.0. The minimum absolute atomic E-state index is 0.153. The topological polar surface area (TPSA) is 190 Å². The van der Waals surface area contributed by atoms with E-state index in [9.17, 15) is 19.2 Å². The number of benzene rings is 4. The summed E-state index contributed by atoms with van der Waals surface area (Å²) in [5, 5.41) is 11.5. The first kappa shape index (κ1) is 64.0. The molecule has 8 bridgehead atoms. The molecule has 16 nitrogen and oxygen atoms in total. The minimum Gasteiger partial charge on any atom is -0.493 e. The molecule has 1 heterocycles. The third-order valence-electron chi connectivity index (χ3n) is 13.1. The van der Waals surface area contributed by atoms with Crippen LogP contribution in [0.15, 0.2) is 72.8 Å². The third-order valence-corrected chi connectivity index (χ3v) is 13.1. The predicted molar refractivity (Wildman–Crippen MR) is 318 cm³/mol. The molecule has 440 valence electrons. The molecule has 5 rings (SSSR count). The van der Waals surface area contributed by atoms with Gasteiger partial charge in [-0.3, -0.25) is 19.2 Å². The summed E-state index contributed by atoms with van der Waals surface area (Å²) in [6.07, 6.45) is 24.3. The molecular weight excluding hydrogens is 1020 g/mol. The van der Waals surface area contributed by atoms with E-state index in [1.165, 1.54) is 27.7 Å². The molecule has 0 saturated heterocycles. The standard InChI is InChI=1S/C64H92N4O12/c1-49(69)65-53-37-57-45-58(38-53)74-30-22-14-6-8-16-24-32-76-60-40-55(67-51(3)71)42-62(47-60)78-34-26-18-10-12-20-28-36-80-64-44-56(68-52(4)72)43-63(48-64)79-35-27-19-11-9-17-25-33-77-61-41-54(66-50(2)70)39-59(46-61)75-31-23-15-7-5-13-21-29-73-57/h37-48H,5-36H2,1-4H3,(H,65,69)(H,66,70)(H,67,71)(H,68,72). The molecule has 4 aromatic rings. The molecule has 4 N–H and O–H groups in total. The number of fused-ring (bicyclic) bond motifs is 8. The summed E-state index contributed by atoms with van der Waals surface area (Å²) in [6.45, 7) is 10.5. The molecule has 0 fully saturated rings. The van der Waals surface area contributed by atoms with E-state index in [1.807, 2.05) is 72.8 Å². The lowest BCUT2D eigenvalue weighted by molar-refractivity contribution is -0.115. The molecule has 0 aromatic heterocycles. The molecule has 4 amide bonds. The van der Waals surface area contributed by atoms with E-state index in [0.717, 1.165) is 154 Å². The van der Waals surface area contributed by atoms with E-state index < -0.39 is 0 Å². The van der Waals surface area contributed by atoms with Gasteiger partial charge in [0.25, 0.3) is 0 Å². The van der Waals surface area contributed by atoms with Gasteiger partial charge in [-0.2, -0.15) is 0 Å². The van der Waals surface area contributed by atoms with Gasteiger partial charge in [-0.25, -0.2) is 0 Å². The van der Waals surface area contributed by atoms with E-state index in [4.69, 9.17) is 37.9 Å². The number of ether oxygens (including phenoxy) is 8. The van der Waals surface area contributed by atoms with E-state index in [-0.39, 0.29) is 23.6 Å². The van der Waals surface area contributed by atoms with Crippen molar-refractivity contribution in [2.75, 3.05) is 74.1 Å². The van der Waals surface area contributed by atoms with Crippen LogP contribution < -0.4 is 59.2 Å². The number of rotatable bonds is 4. The maximum atomic E-state index is 11.9. The number of anilines is 4. The molecule has 16 heteroatoms. The number of hydrogen-bond acceptors (Lipinski definition) is 12.